The molecule has 0 unspecified atom stereocenters. The van der Waals surface area contributed by atoms with Crippen LogP contribution in [0, 0.1) is 12.7 Å². The molecule has 1 aromatic rings. The molecule has 60 valence electrons. The van der Waals surface area contributed by atoms with Gasteiger partial charge < -0.3 is 0 Å². The number of alkyl halides is 2. The van der Waals surface area contributed by atoms with Crippen molar-refractivity contribution in [1.82, 2.24) is 0 Å². The lowest BCUT2D eigenvalue weighted by atomic mass is 10.1. The van der Waals surface area contributed by atoms with Crippen LogP contribution in [-0.4, -0.2) is 0 Å². The summed E-state index contributed by atoms with van der Waals surface area (Å²) >= 11 is 0. The van der Waals surface area contributed by atoms with Crippen LogP contribution in [-0.2, 0) is 0 Å². The van der Waals surface area contributed by atoms with E-state index in [0.717, 1.165) is 6.07 Å². The summed E-state index contributed by atoms with van der Waals surface area (Å²) in [5, 5.41) is 0. The van der Waals surface area contributed by atoms with Gasteiger partial charge >= 0.3 is 0 Å². The van der Waals surface area contributed by atoms with E-state index in [0.29, 0.717) is 5.56 Å². The van der Waals surface area contributed by atoms with Gasteiger partial charge in [0, 0.05) is 5.56 Å². The van der Waals surface area contributed by atoms with Gasteiger partial charge in [0.05, 0.1) is 0 Å². The first kappa shape index (κ1) is 8.11. The summed E-state index contributed by atoms with van der Waals surface area (Å²) in [6.45, 7) is 1.58. The number of hydrogen-bond acceptors (Lipinski definition) is 0. The SMILES string of the molecule is Cc1cc(F)cc(C(F)F)c1. The van der Waals surface area contributed by atoms with E-state index in [1.54, 1.807) is 6.92 Å². The maximum atomic E-state index is 12.5. The lowest BCUT2D eigenvalue weighted by molar-refractivity contribution is 0.151. The average molecular weight is 160 g/mol. The van der Waals surface area contributed by atoms with Crippen LogP contribution >= 0.6 is 0 Å². The Kier molecular flexibility index (Phi) is 2.17. The first-order valence-electron chi connectivity index (χ1n) is 3.15. The fourth-order valence-corrected chi connectivity index (χ4v) is 0.891. The molecule has 0 N–H and O–H groups in total. The van der Waals surface area contributed by atoms with Gasteiger partial charge in [-0.2, -0.15) is 0 Å². The summed E-state index contributed by atoms with van der Waals surface area (Å²) < 4.78 is 36.4. The fraction of sp³-hybridized carbons (Fsp3) is 0.250. The molecule has 0 heterocycles. The monoisotopic (exact) mass is 160 g/mol. The molecule has 0 fully saturated rings. The quantitative estimate of drug-likeness (QED) is 0.592. The Morgan fingerprint density at radius 3 is 2.27 bits per heavy atom. The van der Waals surface area contributed by atoms with Crippen molar-refractivity contribution < 1.29 is 13.2 Å². The molecular formula is C8H7F3. The minimum atomic E-state index is -2.59. The normalized spacial score (nSPS) is 10.6. The van der Waals surface area contributed by atoms with Crippen LogP contribution in [0.15, 0.2) is 18.2 Å². The van der Waals surface area contributed by atoms with Crippen molar-refractivity contribution in [2.75, 3.05) is 0 Å². The molecule has 0 saturated carbocycles. The molecule has 1 aromatic carbocycles. The average Bonchev–Trinajstić information content (AvgIpc) is 1.85. The van der Waals surface area contributed by atoms with Crippen LogP contribution in [0.3, 0.4) is 0 Å². The smallest absolute Gasteiger partial charge is 0.207 e. The maximum absolute atomic E-state index is 12.5. The van der Waals surface area contributed by atoms with Crippen LogP contribution in [0.2, 0.25) is 0 Å². The maximum Gasteiger partial charge on any atom is 0.263 e. The molecule has 0 radical (unpaired) electrons. The predicted octanol–water partition coefficient (Wildman–Crippen LogP) is 3.07. The third-order valence-corrected chi connectivity index (χ3v) is 1.32. The Balaban J connectivity index is 3.08. The Morgan fingerprint density at radius 2 is 1.82 bits per heavy atom. The van der Waals surface area contributed by atoms with Gasteiger partial charge in [-0.25, -0.2) is 13.2 Å². The summed E-state index contributed by atoms with van der Waals surface area (Å²) in [4.78, 5) is 0. The molecule has 0 saturated heterocycles. The van der Waals surface area contributed by atoms with Crippen molar-refractivity contribution in [1.29, 1.82) is 0 Å². The second-order valence-electron chi connectivity index (χ2n) is 2.36. The van der Waals surface area contributed by atoms with Crippen LogP contribution < -0.4 is 0 Å². The molecule has 0 aromatic heterocycles. The van der Waals surface area contributed by atoms with E-state index in [-0.39, 0.29) is 5.56 Å². The van der Waals surface area contributed by atoms with Gasteiger partial charge in [-0.3, -0.25) is 0 Å². The van der Waals surface area contributed by atoms with Crippen LogP contribution in [0.4, 0.5) is 13.2 Å². The first-order valence-corrected chi connectivity index (χ1v) is 3.15. The van der Waals surface area contributed by atoms with Crippen LogP contribution in [0.1, 0.15) is 17.6 Å². The zero-order valence-corrected chi connectivity index (χ0v) is 5.94. The molecule has 0 amide bonds. The Morgan fingerprint density at radius 1 is 1.18 bits per heavy atom. The molecule has 11 heavy (non-hydrogen) atoms. The van der Waals surface area contributed by atoms with E-state index in [2.05, 4.69) is 0 Å². The molecular weight excluding hydrogens is 153 g/mol. The summed E-state index contributed by atoms with van der Waals surface area (Å²) in [5.74, 6) is -0.611. The van der Waals surface area contributed by atoms with Gasteiger partial charge in [-0.15, -0.1) is 0 Å². The van der Waals surface area contributed by atoms with Gasteiger partial charge in [0.15, 0.2) is 0 Å². The zero-order chi connectivity index (χ0) is 8.43. The highest BCUT2D eigenvalue weighted by Gasteiger charge is 2.07. The molecule has 0 nitrogen and oxygen atoms in total. The minimum Gasteiger partial charge on any atom is -0.207 e. The molecule has 0 atom stereocenters. The highest BCUT2D eigenvalue weighted by atomic mass is 19.3. The molecule has 0 aliphatic carbocycles. The van der Waals surface area contributed by atoms with E-state index in [1.165, 1.54) is 12.1 Å². The Bertz CT molecular complexity index is 235. The summed E-state index contributed by atoms with van der Waals surface area (Å²) in [5.41, 5.74) is 0.253. The van der Waals surface area contributed by atoms with Gasteiger partial charge in [-0.05, 0) is 24.6 Å². The van der Waals surface area contributed by atoms with E-state index >= 15 is 0 Å². The lowest BCUT2D eigenvalue weighted by Crippen LogP contribution is -1.87. The second-order valence-corrected chi connectivity index (χ2v) is 2.36. The molecule has 0 bridgehead atoms. The summed E-state index contributed by atoms with van der Waals surface area (Å²) in [6.07, 6.45) is -2.59. The second kappa shape index (κ2) is 2.95. The molecule has 0 spiro atoms. The fourth-order valence-electron chi connectivity index (χ4n) is 0.891. The summed E-state index contributed by atoms with van der Waals surface area (Å²) in [7, 11) is 0. The molecule has 1 rings (SSSR count). The van der Waals surface area contributed by atoms with E-state index in [1.807, 2.05) is 0 Å². The minimum absolute atomic E-state index is 0.262. The molecule has 0 aliphatic rings. The Labute approximate surface area is 62.7 Å². The van der Waals surface area contributed by atoms with Crippen LogP contribution in [0.5, 0.6) is 0 Å². The largest absolute Gasteiger partial charge is 0.263 e. The van der Waals surface area contributed by atoms with Crippen LogP contribution in [0.25, 0.3) is 0 Å². The highest BCUT2D eigenvalue weighted by molar-refractivity contribution is 5.24. The van der Waals surface area contributed by atoms with Gasteiger partial charge in [0.1, 0.15) is 5.82 Å². The van der Waals surface area contributed by atoms with E-state index in [4.69, 9.17) is 0 Å². The van der Waals surface area contributed by atoms with Crippen molar-refractivity contribution in [3.05, 3.63) is 35.1 Å². The number of rotatable bonds is 1. The highest BCUT2D eigenvalue weighted by Crippen LogP contribution is 2.20. The van der Waals surface area contributed by atoms with Gasteiger partial charge in [-0.1, -0.05) is 6.07 Å². The Hall–Kier alpha value is -0.990. The number of benzene rings is 1. The first-order chi connectivity index (χ1) is 5.09. The number of hydrogen-bond donors (Lipinski definition) is 0. The summed E-state index contributed by atoms with van der Waals surface area (Å²) in [6, 6.07) is 3.33. The molecule has 0 aliphatic heterocycles. The van der Waals surface area contributed by atoms with Crippen molar-refractivity contribution in [2.24, 2.45) is 0 Å². The van der Waals surface area contributed by atoms with Crippen molar-refractivity contribution in [3.63, 3.8) is 0 Å². The zero-order valence-electron chi connectivity index (χ0n) is 5.94. The van der Waals surface area contributed by atoms with Crippen molar-refractivity contribution in [2.45, 2.75) is 13.3 Å². The number of aryl methyl sites for hydroxylation is 1. The van der Waals surface area contributed by atoms with Crippen molar-refractivity contribution >= 4 is 0 Å². The third-order valence-electron chi connectivity index (χ3n) is 1.32. The van der Waals surface area contributed by atoms with E-state index in [9.17, 15) is 13.2 Å². The van der Waals surface area contributed by atoms with Gasteiger partial charge in [0.25, 0.3) is 6.43 Å². The predicted molar refractivity (Wildman–Crippen MR) is 36.1 cm³/mol. The topological polar surface area (TPSA) is 0 Å². The van der Waals surface area contributed by atoms with E-state index < -0.39 is 12.2 Å². The number of halogens is 3. The third kappa shape index (κ3) is 1.97. The van der Waals surface area contributed by atoms with Crippen molar-refractivity contribution in [3.8, 4) is 0 Å². The van der Waals surface area contributed by atoms with Gasteiger partial charge in [0.2, 0.25) is 0 Å². The molecule has 3 heteroatoms. The lowest BCUT2D eigenvalue weighted by Gasteiger charge is -2.00. The standard InChI is InChI=1S/C8H7F3/c1-5-2-6(8(10)11)4-7(9)3-5/h2-4,8H,1H3.